The van der Waals surface area contributed by atoms with E-state index >= 15 is 0 Å². The summed E-state index contributed by atoms with van der Waals surface area (Å²) in [7, 11) is 0. The van der Waals surface area contributed by atoms with Crippen LogP contribution in [-0.4, -0.2) is 64.5 Å². The van der Waals surface area contributed by atoms with E-state index in [-0.39, 0.29) is 22.4 Å². The third-order valence-corrected chi connectivity index (χ3v) is 7.36. The van der Waals surface area contributed by atoms with Gasteiger partial charge < -0.3 is 30.1 Å². The minimum atomic E-state index is -0.968. The topological polar surface area (TPSA) is 117 Å². The average Bonchev–Trinajstić information content (AvgIpc) is 3.35. The molecule has 1 aliphatic heterocycles. The predicted molar refractivity (Wildman–Crippen MR) is 148 cm³/mol. The van der Waals surface area contributed by atoms with Gasteiger partial charge in [-0.2, -0.15) is 0 Å². The second kappa shape index (κ2) is 11.4. The highest BCUT2D eigenvalue weighted by Crippen LogP contribution is 2.31. The van der Waals surface area contributed by atoms with Gasteiger partial charge in [-0.25, -0.2) is 14.4 Å². The second-order valence-electron chi connectivity index (χ2n) is 12.5. The van der Waals surface area contributed by atoms with Crippen molar-refractivity contribution in [3.63, 3.8) is 0 Å². The van der Waals surface area contributed by atoms with E-state index in [1.165, 1.54) is 11.3 Å². The first kappa shape index (κ1) is 29.6. The highest BCUT2D eigenvalue weighted by Gasteiger charge is 2.41. The quantitative estimate of drug-likeness (QED) is 0.405. The summed E-state index contributed by atoms with van der Waals surface area (Å²) in [5.74, 6) is 5.28. The number of likely N-dealkylation sites (tertiary alicyclic amines) is 1. The van der Waals surface area contributed by atoms with Crippen molar-refractivity contribution in [3.8, 4) is 11.8 Å². The number of carboxylic acids is 1. The molecular weight excluding hydrogens is 506 g/mol. The van der Waals surface area contributed by atoms with Crippen LogP contribution in [0.25, 0.3) is 0 Å². The first-order valence-corrected chi connectivity index (χ1v) is 14.0. The molecule has 1 aromatic heterocycles. The van der Waals surface area contributed by atoms with Crippen LogP contribution in [0.15, 0.2) is 6.07 Å². The third-order valence-electron chi connectivity index (χ3n) is 6.32. The number of carboxylic acid groups (broad SMARTS) is 1. The van der Waals surface area contributed by atoms with E-state index in [1.807, 2.05) is 54.5 Å². The van der Waals surface area contributed by atoms with E-state index in [0.717, 1.165) is 30.6 Å². The van der Waals surface area contributed by atoms with Gasteiger partial charge in [0.25, 0.3) is 0 Å². The lowest BCUT2D eigenvalue weighted by Crippen LogP contribution is -2.45. The SMILES string of the molecule is CC(C)(C)C#Cc1cc(NC2CCC(NC(=O)OC3(C)CCN(C(=O)OC(C)(C)C)C3)CC2)c(C(=O)O)s1. The normalized spacial score (nSPS) is 23.7. The molecule has 10 heteroatoms. The van der Waals surface area contributed by atoms with Gasteiger partial charge in [0.15, 0.2) is 0 Å². The van der Waals surface area contributed by atoms with Gasteiger partial charge in [0.2, 0.25) is 0 Å². The molecule has 2 fully saturated rings. The summed E-state index contributed by atoms with van der Waals surface area (Å²) in [6.07, 6.45) is 2.72. The summed E-state index contributed by atoms with van der Waals surface area (Å²) in [4.78, 5) is 39.3. The Morgan fingerprint density at radius 2 is 1.74 bits per heavy atom. The number of nitrogens with zero attached hydrogens (tertiary/aromatic N) is 1. The smallest absolute Gasteiger partial charge is 0.410 e. The molecule has 2 aliphatic rings. The molecule has 9 nitrogen and oxygen atoms in total. The molecule has 210 valence electrons. The number of thiophene rings is 1. The number of nitrogens with one attached hydrogen (secondary N) is 2. The van der Waals surface area contributed by atoms with Crippen LogP contribution in [0.4, 0.5) is 15.3 Å². The molecule has 2 heterocycles. The Balaban J connectivity index is 1.48. The monoisotopic (exact) mass is 547 g/mol. The van der Waals surface area contributed by atoms with Crippen LogP contribution in [0.2, 0.25) is 0 Å². The number of hydrogen-bond acceptors (Lipinski definition) is 7. The number of carbonyl (C=O) groups excluding carboxylic acids is 2. The highest BCUT2D eigenvalue weighted by atomic mass is 32.1. The Kier molecular flexibility index (Phi) is 8.92. The van der Waals surface area contributed by atoms with E-state index in [2.05, 4.69) is 22.5 Å². The van der Waals surface area contributed by atoms with Crippen molar-refractivity contribution in [1.29, 1.82) is 0 Å². The van der Waals surface area contributed by atoms with Crippen molar-refractivity contribution in [3.05, 3.63) is 15.8 Å². The van der Waals surface area contributed by atoms with Crippen molar-refractivity contribution in [1.82, 2.24) is 10.2 Å². The van der Waals surface area contributed by atoms with E-state index in [1.54, 1.807) is 4.90 Å². The van der Waals surface area contributed by atoms with Crippen LogP contribution in [0.5, 0.6) is 0 Å². The Morgan fingerprint density at radius 3 is 2.32 bits per heavy atom. The molecule has 38 heavy (non-hydrogen) atoms. The van der Waals surface area contributed by atoms with Gasteiger partial charge in [0, 0.05) is 30.5 Å². The minimum Gasteiger partial charge on any atom is -0.477 e. The van der Waals surface area contributed by atoms with Crippen molar-refractivity contribution in [2.75, 3.05) is 18.4 Å². The molecule has 1 saturated carbocycles. The molecular formula is C28H41N3O6S. The number of carbonyl (C=O) groups is 3. The standard InChI is InChI=1S/C28H41N3O6S/c1-26(2,3)13-12-20-16-21(22(38-20)23(32)33)29-18-8-10-19(11-9-18)30-24(34)36-28(7)14-15-31(17-28)25(35)37-27(4,5)6/h16,18-19,29H,8-11,14-15,17H2,1-7H3,(H,30,34)(H,32,33). The molecule has 0 spiro atoms. The fraction of sp³-hybridized carbons (Fsp3) is 0.679. The van der Waals surface area contributed by atoms with Crippen LogP contribution in [0.3, 0.4) is 0 Å². The molecule has 3 N–H and O–H groups in total. The number of rotatable bonds is 5. The fourth-order valence-electron chi connectivity index (χ4n) is 4.49. The summed E-state index contributed by atoms with van der Waals surface area (Å²) in [6.45, 7) is 14.1. The van der Waals surface area contributed by atoms with Gasteiger partial charge in [-0.3, -0.25) is 0 Å². The first-order chi connectivity index (χ1) is 17.5. The lowest BCUT2D eigenvalue weighted by molar-refractivity contribution is 0.0104. The van der Waals surface area contributed by atoms with Gasteiger partial charge in [0.1, 0.15) is 16.1 Å². The zero-order valence-corrected chi connectivity index (χ0v) is 24.3. The Hall–Kier alpha value is -2.93. The molecule has 2 amide bonds. The highest BCUT2D eigenvalue weighted by molar-refractivity contribution is 7.15. The maximum Gasteiger partial charge on any atom is 0.410 e. The molecule has 1 atom stereocenters. The summed E-state index contributed by atoms with van der Waals surface area (Å²) in [5.41, 5.74) is -0.914. The van der Waals surface area contributed by atoms with Crippen molar-refractivity contribution in [2.45, 2.75) is 104 Å². The zero-order chi connectivity index (χ0) is 28.3. The minimum absolute atomic E-state index is 0.0258. The Labute approximate surface area is 229 Å². The van der Waals surface area contributed by atoms with Crippen molar-refractivity contribution in [2.24, 2.45) is 5.41 Å². The number of anilines is 1. The maximum atomic E-state index is 12.6. The number of alkyl carbamates (subject to hydrolysis) is 1. The van der Waals surface area contributed by atoms with Crippen molar-refractivity contribution >= 4 is 35.2 Å². The molecule has 0 bridgehead atoms. The van der Waals surface area contributed by atoms with Crippen molar-refractivity contribution < 1.29 is 29.0 Å². The maximum absolute atomic E-state index is 12.6. The van der Waals surface area contributed by atoms with Crippen LogP contribution in [0.1, 0.15) is 95.1 Å². The van der Waals surface area contributed by atoms with Crippen LogP contribution in [0, 0.1) is 17.3 Å². The lowest BCUT2D eigenvalue weighted by atomic mass is 9.91. The van der Waals surface area contributed by atoms with Gasteiger partial charge >= 0.3 is 18.2 Å². The second-order valence-corrected chi connectivity index (χ2v) is 13.5. The first-order valence-electron chi connectivity index (χ1n) is 13.2. The summed E-state index contributed by atoms with van der Waals surface area (Å²) in [6, 6.07) is 1.90. The number of aromatic carboxylic acids is 1. The van der Waals surface area contributed by atoms with Crippen LogP contribution in [-0.2, 0) is 9.47 Å². The Bertz CT molecular complexity index is 1100. The number of hydrogen-bond donors (Lipinski definition) is 3. The van der Waals surface area contributed by atoms with Gasteiger partial charge in [-0.1, -0.05) is 11.8 Å². The van der Waals surface area contributed by atoms with Gasteiger partial charge in [-0.15, -0.1) is 11.3 Å². The lowest BCUT2D eigenvalue weighted by Gasteiger charge is -2.31. The summed E-state index contributed by atoms with van der Waals surface area (Å²) < 4.78 is 11.2. The van der Waals surface area contributed by atoms with Crippen LogP contribution < -0.4 is 10.6 Å². The molecule has 1 saturated heterocycles. The molecule has 1 aromatic rings. The van der Waals surface area contributed by atoms with E-state index in [9.17, 15) is 19.5 Å². The zero-order valence-electron chi connectivity index (χ0n) is 23.5. The molecule has 0 aromatic carbocycles. The summed E-state index contributed by atoms with van der Waals surface area (Å²) >= 11 is 1.18. The Morgan fingerprint density at radius 1 is 1.11 bits per heavy atom. The molecule has 0 radical (unpaired) electrons. The predicted octanol–water partition coefficient (Wildman–Crippen LogP) is 5.69. The summed E-state index contributed by atoms with van der Waals surface area (Å²) in [5, 5.41) is 16.0. The van der Waals surface area contributed by atoms with Gasteiger partial charge in [0.05, 0.1) is 17.1 Å². The largest absolute Gasteiger partial charge is 0.477 e. The van der Waals surface area contributed by atoms with E-state index < -0.39 is 29.4 Å². The van der Waals surface area contributed by atoms with E-state index in [0.29, 0.717) is 25.2 Å². The average molecular weight is 548 g/mol. The molecule has 1 unspecified atom stereocenters. The molecule has 1 aliphatic carbocycles. The van der Waals surface area contributed by atoms with Crippen LogP contribution >= 0.6 is 11.3 Å². The fourth-order valence-corrected chi connectivity index (χ4v) is 5.30. The molecule has 3 rings (SSSR count). The van der Waals surface area contributed by atoms with Gasteiger partial charge in [-0.05, 0) is 80.2 Å². The number of ether oxygens (including phenoxy) is 2. The number of amides is 2. The third kappa shape index (κ3) is 8.83. The van der Waals surface area contributed by atoms with E-state index in [4.69, 9.17) is 9.47 Å².